The highest BCUT2D eigenvalue weighted by Crippen LogP contribution is 2.34. The number of nitrogen functional groups attached to an aromatic ring is 1. The van der Waals surface area contributed by atoms with E-state index < -0.39 is 5.97 Å². The molecule has 17 heavy (non-hydrogen) atoms. The van der Waals surface area contributed by atoms with E-state index in [2.05, 4.69) is 14.9 Å². The van der Waals surface area contributed by atoms with Gasteiger partial charge in [0.15, 0.2) is 4.34 Å². The zero-order chi connectivity index (χ0) is 12.3. The summed E-state index contributed by atoms with van der Waals surface area (Å²) in [6, 6.07) is 5.21. The second-order valence-electron chi connectivity index (χ2n) is 3.02. The number of aromatic nitrogens is 2. The Morgan fingerprint density at radius 1 is 1.53 bits per heavy atom. The first-order chi connectivity index (χ1) is 8.22. The van der Waals surface area contributed by atoms with Gasteiger partial charge in [-0.25, -0.2) is 4.79 Å². The Morgan fingerprint density at radius 2 is 2.35 bits per heavy atom. The molecule has 0 aliphatic rings. The molecule has 0 unspecified atom stereocenters. The van der Waals surface area contributed by atoms with Crippen molar-refractivity contribution < 1.29 is 9.53 Å². The van der Waals surface area contributed by atoms with Crippen molar-refractivity contribution in [2.75, 3.05) is 12.8 Å². The van der Waals surface area contributed by atoms with E-state index in [9.17, 15) is 4.79 Å². The molecular formula is C10H9N3O2S2. The van der Waals surface area contributed by atoms with Crippen molar-refractivity contribution in [3.05, 3.63) is 29.3 Å². The van der Waals surface area contributed by atoms with Crippen molar-refractivity contribution in [3.63, 3.8) is 0 Å². The molecule has 0 spiro atoms. The SMILES string of the molecule is COC(=O)c1cccc(Sc2nncs2)c1N. The molecule has 7 heteroatoms. The predicted molar refractivity (Wildman–Crippen MR) is 66.2 cm³/mol. The second-order valence-corrected chi connectivity index (χ2v) is 5.14. The normalized spacial score (nSPS) is 10.2. The van der Waals surface area contributed by atoms with Crippen LogP contribution in [-0.2, 0) is 4.74 Å². The van der Waals surface area contributed by atoms with Crippen LogP contribution in [0.15, 0.2) is 32.9 Å². The topological polar surface area (TPSA) is 78.1 Å². The summed E-state index contributed by atoms with van der Waals surface area (Å²) in [7, 11) is 1.33. The van der Waals surface area contributed by atoms with Gasteiger partial charge in [-0.3, -0.25) is 0 Å². The summed E-state index contributed by atoms with van der Waals surface area (Å²) in [5.74, 6) is -0.442. The molecule has 1 aromatic heterocycles. The number of ether oxygens (including phenoxy) is 1. The number of esters is 1. The maximum absolute atomic E-state index is 11.5. The number of hydrogen-bond donors (Lipinski definition) is 1. The van der Waals surface area contributed by atoms with Gasteiger partial charge in [-0.15, -0.1) is 10.2 Å². The Labute approximate surface area is 106 Å². The van der Waals surface area contributed by atoms with Crippen LogP contribution in [0.3, 0.4) is 0 Å². The highest BCUT2D eigenvalue weighted by atomic mass is 32.2. The zero-order valence-electron chi connectivity index (χ0n) is 8.91. The number of anilines is 1. The molecule has 0 saturated heterocycles. The van der Waals surface area contributed by atoms with Gasteiger partial charge in [0.2, 0.25) is 0 Å². The van der Waals surface area contributed by atoms with E-state index in [-0.39, 0.29) is 0 Å². The van der Waals surface area contributed by atoms with Crippen LogP contribution in [0, 0.1) is 0 Å². The quantitative estimate of drug-likeness (QED) is 0.677. The molecule has 0 saturated carbocycles. The minimum Gasteiger partial charge on any atom is -0.465 e. The summed E-state index contributed by atoms with van der Waals surface area (Å²) >= 11 is 2.79. The Morgan fingerprint density at radius 3 is 3.00 bits per heavy atom. The van der Waals surface area contributed by atoms with E-state index in [0.29, 0.717) is 11.3 Å². The number of nitrogens with two attached hydrogens (primary N) is 1. The molecule has 5 nitrogen and oxygen atoms in total. The van der Waals surface area contributed by atoms with Gasteiger partial charge in [-0.2, -0.15) is 0 Å². The maximum atomic E-state index is 11.5. The van der Waals surface area contributed by atoms with Crippen molar-refractivity contribution in [2.24, 2.45) is 0 Å². The zero-order valence-corrected chi connectivity index (χ0v) is 10.5. The van der Waals surface area contributed by atoms with E-state index in [4.69, 9.17) is 5.73 Å². The lowest BCUT2D eigenvalue weighted by molar-refractivity contribution is 0.0601. The lowest BCUT2D eigenvalue weighted by Gasteiger charge is -2.07. The van der Waals surface area contributed by atoms with E-state index in [1.807, 2.05) is 6.07 Å². The van der Waals surface area contributed by atoms with Crippen LogP contribution < -0.4 is 5.73 Å². The van der Waals surface area contributed by atoms with Gasteiger partial charge in [0.1, 0.15) is 5.51 Å². The fraction of sp³-hybridized carbons (Fsp3) is 0.100. The molecule has 0 atom stereocenters. The van der Waals surface area contributed by atoms with Gasteiger partial charge < -0.3 is 10.5 Å². The molecule has 88 valence electrons. The third-order valence-electron chi connectivity index (χ3n) is 2.01. The van der Waals surface area contributed by atoms with Crippen molar-refractivity contribution in [1.29, 1.82) is 0 Å². The molecule has 0 fully saturated rings. The van der Waals surface area contributed by atoms with E-state index in [1.54, 1.807) is 17.6 Å². The van der Waals surface area contributed by atoms with Crippen molar-refractivity contribution in [2.45, 2.75) is 9.24 Å². The maximum Gasteiger partial charge on any atom is 0.339 e. The molecule has 0 aliphatic carbocycles. The predicted octanol–water partition coefficient (Wildman–Crippen LogP) is 2.06. The van der Waals surface area contributed by atoms with Crippen LogP contribution >= 0.6 is 23.1 Å². The lowest BCUT2D eigenvalue weighted by atomic mass is 10.2. The number of rotatable bonds is 3. The van der Waals surface area contributed by atoms with E-state index >= 15 is 0 Å². The van der Waals surface area contributed by atoms with Gasteiger partial charge in [0.25, 0.3) is 0 Å². The molecular weight excluding hydrogens is 258 g/mol. The minimum absolute atomic E-state index is 0.363. The number of hydrogen-bond acceptors (Lipinski definition) is 7. The van der Waals surface area contributed by atoms with Crippen molar-refractivity contribution in [3.8, 4) is 0 Å². The number of carbonyl (C=O) groups excluding carboxylic acids is 1. The van der Waals surface area contributed by atoms with Gasteiger partial charge in [0.05, 0.1) is 18.4 Å². The average molecular weight is 267 g/mol. The van der Waals surface area contributed by atoms with Gasteiger partial charge in [-0.05, 0) is 12.1 Å². The molecule has 2 aromatic rings. The second kappa shape index (κ2) is 5.15. The number of benzene rings is 1. The van der Waals surface area contributed by atoms with Crippen molar-refractivity contribution >= 4 is 34.8 Å². The van der Waals surface area contributed by atoms with Crippen LogP contribution in [0.25, 0.3) is 0 Å². The van der Waals surface area contributed by atoms with Gasteiger partial charge in [-0.1, -0.05) is 29.2 Å². The highest BCUT2D eigenvalue weighted by molar-refractivity contribution is 8.01. The van der Waals surface area contributed by atoms with Crippen molar-refractivity contribution in [1.82, 2.24) is 10.2 Å². The van der Waals surface area contributed by atoms with Gasteiger partial charge in [0, 0.05) is 4.90 Å². The molecule has 2 rings (SSSR count). The molecule has 0 bridgehead atoms. The van der Waals surface area contributed by atoms with Crippen LogP contribution in [0.5, 0.6) is 0 Å². The molecule has 1 heterocycles. The van der Waals surface area contributed by atoms with Crippen LogP contribution in [-0.4, -0.2) is 23.3 Å². The molecule has 1 aromatic carbocycles. The molecule has 2 N–H and O–H groups in total. The summed E-state index contributed by atoms with van der Waals surface area (Å²) in [6.07, 6.45) is 0. The Bertz CT molecular complexity index is 528. The lowest BCUT2D eigenvalue weighted by Crippen LogP contribution is -2.06. The molecule has 0 aliphatic heterocycles. The average Bonchev–Trinajstić information content (AvgIpc) is 2.84. The monoisotopic (exact) mass is 267 g/mol. The fourth-order valence-electron chi connectivity index (χ4n) is 1.22. The Kier molecular flexibility index (Phi) is 3.60. The highest BCUT2D eigenvalue weighted by Gasteiger charge is 2.14. The summed E-state index contributed by atoms with van der Waals surface area (Å²) in [6.45, 7) is 0. The number of para-hydroxylation sites is 1. The largest absolute Gasteiger partial charge is 0.465 e. The summed E-state index contributed by atoms with van der Waals surface area (Å²) in [5, 5.41) is 7.64. The van der Waals surface area contributed by atoms with E-state index in [1.165, 1.54) is 30.2 Å². The summed E-state index contributed by atoms with van der Waals surface area (Å²) in [5.41, 5.74) is 8.32. The first-order valence-electron chi connectivity index (χ1n) is 4.63. The van der Waals surface area contributed by atoms with E-state index in [0.717, 1.165) is 9.24 Å². The van der Waals surface area contributed by atoms with Crippen LogP contribution in [0.4, 0.5) is 5.69 Å². The number of carbonyl (C=O) groups is 1. The van der Waals surface area contributed by atoms with Gasteiger partial charge >= 0.3 is 5.97 Å². The van der Waals surface area contributed by atoms with Crippen LogP contribution in [0.1, 0.15) is 10.4 Å². The Balaban J connectivity index is 2.32. The minimum atomic E-state index is -0.442. The summed E-state index contributed by atoms with van der Waals surface area (Å²) in [4.78, 5) is 12.2. The fourth-order valence-corrected chi connectivity index (χ4v) is 2.73. The standard InChI is InChI=1S/C10H9N3O2S2/c1-15-9(14)6-3-2-4-7(8(6)11)17-10-13-12-5-16-10/h2-5H,11H2,1H3. The third-order valence-corrected chi connectivity index (χ3v) is 3.86. The number of methoxy groups -OCH3 is 1. The van der Waals surface area contributed by atoms with Crippen LogP contribution in [0.2, 0.25) is 0 Å². The molecule has 0 amide bonds. The third kappa shape index (κ3) is 2.56. The summed E-state index contributed by atoms with van der Waals surface area (Å²) < 4.78 is 5.43. The smallest absolute Gasteiger partial charge is 0.339 e. The Hall–Kier alpha value is -1.60. The first kappa shape index (κ1) is 11.9. The molecule has 0 radical (unpaired) electrons. The first-order valence-corrected chi connectivity index (χ1v) is 6.33. The number of nitrogens with zero attached hydrogens (tertiary/aromatic N) is 2.